The summed E-state index contributed by atoms with van der Waals surface area (Å²) in [6.45, 7) is 3.95. The largest absolute Gasteiger partial charge is 0.508 e. The number of aromatic hydroxyl groups is 1. The van der Waals surface area contributed by atoms with Crippen LogP contribution in [0.5, 0.6) is 23.0 Å². The lowest BCUT2D eigenvalue weighted by molar-refractivity contribution is 0.183. The Hall–Kier alpha value is -4.01. The minimum atomic E-state index is 0.203. The van der Waals surface area contributed by atoms with Crippen LogP contribution in [0.15, 0.2) is 78.9 Å². The van der Waals surface area contributed by atoms with Gasteiger partial charge in [-0.1, -0.05) is 24.6 Å². The van der Waals surface area contributed by atoms with Gasteiger partial charge in [0.1, 0.15) is 29.6 Å². The Balaban J connectivity index is 1.39. The molecule has 0 saturated carbocycles. The summed E-state index contributed by atoms with van der Waals surface area (Å²) in [4.78, 5) is 2.46. The molecule has 176 valence electrons. The second-order valence-corrected chi connectivity index (χ2v) is 8.86. The average molecular weight is 465 g/mol. The van der Waals surface area contributed by atoms with Crippen molar-refractivity contribution in [1.29, 1.82) is 5.26 Å². The van der Waals surface area contributed by atoms with Crippen LogP contribution in [0, 0.1) is 11.3 Å². The number of likely N-dealkylation sites (tertiary alicyclic amines) is 1. The maximum Gasteiger partial charge on any atom is 0.143 e. The molecule has 1 N–H and O–H groups in total. The molecule has 5 rings (SSSR count). The van der Waals surface area contributed by atoms with Crippen molar-refractivity contribution in [2.75, 3.05) is 26.2 Å². The van der Waals surface area contributed by atoms with Crippen LogP contribution in [0.4, 0.5) is 0 Å². The molecule has 1 fully saturated rings. The van der Waals surface area contributed by atoms with Crippen molar-refractivity contribution in [3.8, 4) is 40.2 Å². The molecule has 0 aromatic heterocycles. The SMILES string of the molecule is N#Cc1cccc(-c2ccc3cc(O)ccc3c2Oc2ccc(OCCN3CCCCC3)cc2)c1. The van der Waals surface area contributed by atoms with Gasteiger partial charge in [-0.25, -0.2) is 0 Å². The van der Waals surface area contributed by atoms with Crippen molar-refractivity contribution in [2.24, 2.45) is 0 Å². The highest BCUT2D eigenvalue weighted by Crippen LogP contribution is 2.41. The number of piperidine rings is 1. The van der Waals surface area contributed by atoms with Crippen molar-refractivity contribution < 1.29 is 14.6 Å². The van der Waals surface area contributed by atoms with Crippen LogP contribution in [0.2, 0.25) is 0 Å². The van der Waals surface area contributed by atoms with Gasteiger partial charge in [0.05, 0.1) is 11.6 Å². The zero-order chi connectivity index (χ0) is 24.0. The minimum Gasteiger partial charge on any atom is -0.508 e. The molecule has 35 heavy (non-hydrogen) atoms. The normalized spacial score (nSPS) is 13.9. The maximum absolute atomic E-state index is 9.96. The fourth-order valence-electron chi connectivity index (χ4n) is 4.58. The summed E-state index contributed by atoms with van der Waals surface area (Å²) >= 11 is 0. The molecule has 0 amide bonds. The fraction of sp³-hybridized carbons (Fsp3) is 0.233. The van der Waals surface area contributed by atoms with Gasteiger partial charge in [-0.15, -0.1) is 0 Å². The third-order valence-corrected chi connectivity index (χ3v) is 6.43. The van der Waals surface area contributed by atoms with Gasteiger partial charge in [-0.2, -0.15) is 5.26 Å². The van der Waals surface area contributed by atoms with Crippen LogP contribution in [-0.4, -0.2) is 36.2 Å². The number of nitrogens with zero attached hydrogens (tertiary/aromatic N) is 2. The molecule has 0 bridgehead atoms. The molecular formula is C30H28N2O3. The first-order chi connectivity index (χ1) is 17.2. The zero-order valence-electron chi connectivity index (χ0n) is 19.6. The van der Waals surface area contributed by atoms with E-state index >= 15 is 0 Å². The Labute approximate surface area is 205 Å². The molecule has 0 unspecified atom stereocenters. The monoisotopic (exact) mass is 464 g/mol. The topological polar surface area (TPSA) is 65.7 Å². The number of phenolic OH excluding ortho intramolecular Hbond substituents is 1. The molecule has 1 heterocycles. The predicted octanol–water partition coefficient (Wildman–Crippen LogP) is 6.74. The molecule has 4 aromatic rings. The van der Waals surface area contributed by atoms with Crippen LogP contribution in [0.3, 0.4) is 0 Å². The Morgan fingerprint density at radius 1 is 0.857 bits per heavy atom. The Morgan fingerprint density at radius 2 is 1.66 bits per heavy atom. The summed E-state index contributed by atoms with van der Waals surface area (Å²) in [5.41, 5.74) is 2.36. The summed E-state index contributed by atoms with van der Waals surface area (Å²) in [6.07, 6.45) is 3.90. The number of benzene rings is 4. The number of phenols is 1. The van der Waals surface area contributed by atoms with Gasteiger partial charge >= 0.3 is 0 Å². The summed E-state index contributed by atoms with van der Waals surface area (Å²) in [6, 6.07) is 26.5. The van der Waals surface area contributed by atoms with Gasteiger partial charge in [0.25, 0.3) is 0 Å². The molecule has 4 aromatic carbocycles. The number of ether oxygens (including phenoxy) is 2. The fourth-order valence-corrected chi connectivity index (χ4v) is 4.58. The van der Waals surface area contributed by atoms with Crippen molar-refractivity contribution in [2.45, 2.75) is 19.3 Å². The molecule has 5 nitrogen and oxygen atoms in total. The van der Waals surface area contributed by atoms with Crippen molar-refractivity contribution in [1.82, 2.24) is 4.90 Å². The molecule has 0 radical (unpaired) electrons. The Morgan fingerprint density at radius 3 is 2.46 bits per heavy atom. The molecule has 0 aliphatic carbocycles. The molecular weight excluding hydrogens is 436 g/mol. The third-order valence-electron chi connectivity index (χ3n) is 6.43. The van der Waals surface area contributed by atoms with E-state index < -0.39 is 0 Å². The number of hydrogen-bond acceptors (Lipinski definition) is 5. The highest BCUT2D eigenvalue weighted by atomic mass is 16.5. The number of hydrogen-bond donors (Lipinski definition) is 1. The lowest BCUT2D eigenvalue weighted by Gasteiger charge is -2.26. The van der Waals surface area contributed by atoms with E-state index in [0.29, 0.717) is 23.7 Å². The average Bonchev–Trinajstić information content (AvgIpc) is 2.90. The predicted molar refractivity (Wildman–Crippen MR) is 138 cm³/mol. The van der Waals surface area contributed by atoms with Gasteiger partial charge in [-0.3, -0.25) is 4.90 Å². The van der Waals surface area contributed by atoms with Gasteiger partial charge < -0.3 is 14.6 Å². The lowest BCUT2D eigenvalue weighted by Crippen LogP contribution is -2.33. The van der Waals surface area contributed by atoms with Crippen molar-refractivity contribution >= 4 is 10.8 Å². The van der Waals surface area contributed by atoms with Crippen LogP contribution in [0.25, 0.3) is 21.9 Å². The van der Waals surface area contributed by atoms with Crippen molar-refractivity contribution in [3.63, 3.8) is 0 Å². The zero-order valence-corrected chi connectivity index (χ0v) is 19.6. The second-order valence-electron chi connectivity index (χ2n) is 8.86. The standard InChI is InChI=1S/C30H28N2O3/c31-21-22-5-4-6-23(19-22)28-13-7-24-20-25(33)8-14-29(24)30(28)35-27-11-9-26(10-12-27)34-18-17-32-15-2-1-3-16-32/h4-14,19-20,33H,1-3,15-18H2. The smallest absolute Gasteiger partial charge is 0.143 e. The molecule has 1 aliphatic rings. The van der Waals surface area contributed by atoms with Gasteiger partial charge in [0.15, 0.2) is 0 Å². The van der Waals surface area contributed by atoms with Gasteiger partial charge in [-0.05, 0) is 97.5 Å². The summed E-state index contributed by atoms with van der Waals surface area (Å²) in [5, 5.41) is 21.1. The summed E-state index contributed by atoms with van der Waals surface area (Å²) in [5.74, 6) is 2.39. The number of rotatable bonds is 7. The highest BCUT2D eigenvalue weighted by molar-refractivity contribution is 5.96. The van der Waals surface area contributed by atoms with Crippen LogP contribution in [-0.2, 0) is 0 Å². The van der Waals surface area contributed by atoms with Gasteiger partial charge in [0, 0.05) is 17.5 Å². The van der Waals surface area contributed by atoms with E-state index in [1.54, 1.807) is 18.2 Å². The highest BCUT2D eigenvalue weighted by Gasteiger charge is 2.14. The van der Waals surface area contributed by atoms with E-state index in [4.69, 9.17) is 9.47 Å². The van der Waals surface area contributed by atoms with E-state index in [0.717, 1.165) is 34.2 Å². The first-order valence-corrected chi connectivity index (χ1v) is 12.1. The van der Waals surface area contributed by atoms with E-state index in [-0.39, 0.29) is 5.75 Å². The Kier molecular flexibility index (Phi) is 6.83. The molecule has 5 heteroatoms. The molecule has 1 saturated heterocycles. The quantitative estimate of drug-likeness (QED) is 0.328. The van der Waals surface area contributed by atoms with Crippen LogP contribution >= 0.6 is 0 Å². The number of nitriles is 1. The van der Waals surface area contributed by atoms with E-state index in [2.05, 4.69) is 11.0 Å². The van der Waals surface area contributed by atoms with E-state index in [1.807, 2.05) is 60.7 Å². The van der Waals surface area contributed by atoms with Crippen LogP contribution in [0.1, 0.15) is 24.8 Å². The first-order valence-electron chi connectivity index (χ1n) is 12.1. The molecule has 1 aliphatic heterocycles. The molecule has 0 atom stereocenters. The van der Waals surface area contributed by atoms with Crippen LogP contribution < -0.4 is 9.47 Å². The summed E-state index contributed by atoms with van der Waals surface area (Å²) in [7, 11) is 0. The third kappa shape index (κ3) is 5.40. The van der Waals surface area contributed by atoms with E-state index in [1.165, 1.54) is 32.4 Å². The lowest BCUT2D eigenvalue weighted by atomic mass is 9.98. The summed E-state index contributed by atoms with van der Waals surface area (Å²) < 4.78 is 12.4. The first kappa shape index (κ1) is 22.8. The second kappa shape index (κ2) is 10.5. The van der Waals surface area contributed by atoms with Gasteiger partial charge in [0.2, 0.25) is 0 Å². The Bertz CT molecular complexity index is 1350. The van der Waals surface area contributed by atoms with Crippen molar-refractivity contribution in [3.05, 3.63) is 84.4 Å². The number of fused-ring (bicyclic) bond motifs is 1. The van der Waals surface area contributed by atoms with E-state index in [9.17, 15) is 10.4 Å². The minimum absolute atomic E-state index is 0.203. The molecule has 0 spiro atoms. The maximum atomic E-state index is 9.96.